The van der Waals surface area contributed by atoms with Crippen LogP contribution in [0.1, 0.15) is 32.7 Å². The molecule has 2 aromatic carbocycles. The van der Waals surface area contributed by atoms with Gasteiger partial charge in [0.1, 0.15) is 0 Å². The van der Waals surface area contributed by atoms with Crippen molar-refractivity contribution in [2.75, 3.05) is 5.32 Å². The molecule has 4 rings (SSSR count). The molecular formula is C25H26N4OS. The van der Waals surface area contributed by atoms with E-state index in [1.165, 1.54) is 11.1 Å². The van der Waals surface area contributed by atoms with Crippen molar-refractivity contribution in [3.63, 3.8) is 0 Å². The van der Waals surface area contributed by atoms with Gasteiger partial charge in [-0.25, -0.2) is 4.98 Å². The smallest absolute Gasteiger partial charge is 0.250 e. The van der Waals surface area contributed by atoms with Gasteiger partial charge in [0, 0.05) is 23.3 Å². The fraction of sp³-hybridized carbons (Fsp3) is 0.200. The molecule has 5 nitrogen and oxygen atoms in total. The molecule has 4 aromatic rings. The molecule has 158 valence electrons. The van der Waals surface area contributed by atoms with Gasteiger partial charge in [0.25, 0.3) is 5.91 Å². The highest BCUT2D eigenvalue weighted by Gasteiger charge is 2.19. The number of carbonyl (C=O) groups excluding carboxylic acids is 1. The Kier molecular flexibility index (Phi) is 5.91. The Balaban J connectivity index is 1.63. The highest BCUT2D eigenvalue weighted by atomic mass is 32.1. The number of hydrogen-bond donors (Lipinski definition) is 2. The van der Waals surface area contributed by atoms with Gasteiger partial charge in [0.05, 0.1) is 17.0 Å². The lowest BCUT2D eigenvalue weighted by atomic mass is 10.1. The van der Waals surface area contributed by atoms with Crippen LogP contribution >= 0.6 is 11.3 Å². The second-order valence-corrected chi connectivity index (χ2v) is 8.62. The van der Waals surface area contributed by atoms with Crippen LogP contribution in [0.5, 0.6) is 0 Å². The molecule has 2 heterocycles. The summed E-state index contributed by atoms with van der Waals surface area (Å²) in [5, 5.41) is 6.23. The third-order valence-electron chi connectivity index (χ3n) is 5.53. The number of thiazole rings is 1. The maximum absolute atomic E-state index is 12.0. The largest absolute Gasteiger partial charge is 0.366 e. The Morgan fingerprint density at radius 3 is 2.55 bits per heavy atom. The maximum Gasteiger partial charge on any atom is 0.250 e. The normalized spacial score (nSPS) is 10.9. The second kappa shape index (κ2) is 8.78. The van der Waals surface area contributed by atoms with E-state index in [0.29, 0.717) is 5.56 Å². The van der Waals surface area contributed by atoms with E-state index >= 15 is 0 Å². The molecule has 0 radical (unpaired) electrons. The number of hydrogen-bond acceptors (Lipinski definition) is 4. The van der Waals surface area contributed by atoms with E-state index < -0.39 is 5.91 Å². The van der Waals surface area contributed by atoms with Crippen LogP contribution in [0.4, 0.5) is 10.8 Å². The summed E-state index contributed by atoms with van der Waals surface area (Å²) in [4.78, 5) is 16.8. The standard InChI is InChI=1S/C25H26N4OS/c1-16-8-10-19(11-9-16)12-13-29-18(3)20(24(26)30)14-23(29)22-15-31-25(28-22)27-21-7-5-4-6-17(21)2/h4-11,14-15H,12-13H2,1-3H3,(H2,26,30)(H,27,28). The van der Waals surface area contributed by atoms with E-state index in [9.17, 15) is 4.79 Å². The molecule has 0 spiro atoms. The number of para-hydroxylation sites is 1. The molecule has 0 aliphatic carbocycles. The number of benzene rings is 2. The van der Waals surface area contributed by atoms with E-state index in [1.54, 1.807) is 11.3 Å². The fourth-order valence-electron chi connectivity index (χ4n) is 3.67. The molecular weight excluding hydrogens is 404 g/mol. The minimum Gasteiger partial charge on any atom is -0.366 e. The number of anilines is 2. The lowest BCUT2D eigenvalue weighted by molar-refractivity contribution is 0.0999. The molecule has 0 aliphatic heterocycles. The van der Waals surface area contributed by atoms with Crippen LogP contribution in [0.2, 0.25) is 0 Å². The van der Waals surface area contributed by atoms with Gasteiger partial charge >= 0.3 is 0 Å². The first-order valence-electron chi connectivity index (χ1n) is 10.3. The van der Waals surface area contributed by atoms with Crippen LogP contribution in [-0.4, -0.2) is 15.5 Å². The molecule has 3 N–H and O–H groups in total. The predicted molar refractivity (Wildman–Crippen MR) is 128 cm³/mol. The minimum absolute atomic E-state index is 0.415. The Bertz CT molecular complexity index is 1220. The summed E-state index contributed by atoms with van der Waals surface area (Å²) in [7, 11) is 0. The van der Waals surface area contributed by atoms with Crippen molar-refractivity contribution < 1.29 is 4.79 Å². The first kappa shape index (κ1) is 20.9. The molecule has 2 aromatic heterocycles. The minimum atomic E-state index is -0.415. The summed E-state index contributed by atoms with van der Waals surface area (Å²) < 4.78 is 2.15. The van der Waals surface area contributed by atoms with Gasteiger partial charge in [-0.05, 0) is 50.5 Å². The van der Waals surface area contributed by atoms with Gasteiger partial charge in [-0.3, -0.25) is 4.79 Å². The number of nitrogens with zero attached hydrogens (tertiary/aromatic N) is 2. The van der Waals surface area contributed by atoms with Gasteiger partial charge < -0.3 is 15.6 Å². The van der Waals surface area contributed by atoms with E-state index in [2.05, 4.69) is 54.1 Å². The number of nitrogens with one attached hydrogen (secondary N) is 1. The Labute approximate surface area is 186 Å². The SMILES string of the molecule is Cc1ccc(CCn2c(-c3csc(Nc4ccccc4C)n3)cc(C(N)=O)c2C)cc1. The van der Waals surface area contributed by atoms with Gasteiger partial charge in [-0.1, -0.05) is 48.0 Å². The number of nitrogens with two attached hydrogens (primary N) is 1. The summed E-state index contributed by atoms with van der Waals surface area (Å²) in [6.45, 7) is 6.84. The van der Waals surface area contributed by atoms with Crippen molar-refractivity contribution in [3.8, 4) is 11.4 Å². The summed E-state index contributed by atoms with van der Waals surface area (Å²) in [5.41, 5.74) is 13.5. The third kappa shape index (κ3) is 4.54. The van der Waals surface area contributed by atoms with Crippen LogP contribution in [0.15, 0.2) is 60.0 Å². The van der Waals surface area contributed by atoms with E-state index in [-0.39, 0.29) is 0 Å². The van der Waals surface area contributed by atoms with E-state index in [1.807, 2.05) is 36.6 Å². The Hall–Kier alpha value is -3.38. The van der Waals surface area contributed by atoms with Crippen LogP contribution in [0.3, 0.4) is 0 Å². The van der Waals surface area contributed by atoms with Crippen molar-refractivity contribution in [1.29, 1.82) is 0 Å². The Morgan fingerprint density at radius 1 is 1.10 bits per heavy atom. The lowest BCUT2D eigenvalue weighted by Gasteiger charge is -2.11. The average Bonchev–Trinajstić information content (AvgIpc) is 3.33. The number of aryl methyl sites for hydroxylation is 3. The number of aromatic nitrogens is 2. The molecule has 6 heteroatoms. The monoisotopic (exact) mass is 430 g/mol. The second-order valence-electron chi connectivity index (χ2n) is 7.76. The van der Waals surface area contributed by atoms with E-state index in [0.717, 1.165) is 46.4 Å². The number of amides is 1. The van der Waals surface area contributed by atoms with Gasteiger partial charge in [-0.2, -0.15) is 0 Å². The quantitative estimate of drug-likeness (QED) is 0.399. The molecule has 31 heavy (non-hydrogen) atoms. The molecule has 1 amide bonds. The van der Waals surface area contributed by atoms with Crippen molar-refractivity contribution in [3.05, 3.63) is 87.9 Å². The van der Waals surface area contributed by atoms with Crippen molar-refractivity contribution in [2.24, 2.45) is 5.73 Å². The predicted octanol–water partition coefficient (Wildman–Crippen LogP) is 5.62. The highest BCUT2D eigenvalue weighted by molar-refractivity contribution is 7.14. The van der Waals surface area contributed by atoms with Gasteiger partial charge in [-0.15, -0.1) is 11.3 Å². The average molecular weight is 431 g/mol. The zero-order valence-corrected chi connectivity index (χ0v) is 18.8. The van der Waals surface area contributed by atoms with Gasteiger partial charge in [0.15, 0.2) is 5.13 Å². The lowest BCUT2D eigenvalue weighted by Crippen LogP contribution is -2.13. The fourth-order valence-corrected chi connectivity index (χ4v) is 4.38. The van der Waals surface area contributed by atoms with E-state index in [4.69, 9.17) is 10.7 Å². The maximum atomic E-state index is 12.0. The zero-order chi connectivity index (χ0) is 22.0. The van der Waals surface area contributed by atoms with Crippen molar-refractivity contribution in [1.82, 2.24) is 9.55 Å². The zero-order valence-electron chi connectivity index (χ0n) is 18.0. The summed E-state index contributed by atoms with van der Waals surface area (Å²) in [5.74, 6) is -0.415. The molecule has 0 bridgehead atoms. The topological polar surface area (TPSA) is 72.9 Å². The number of carbonyl (C=O) groups is 1. The third-order valence-corrected chi connectivity index (χ3v) is 6.29. The molecule has 0 saturated carbocycles. The van der Waals surface area contributed by atoms with Crippen molar-refractivity contribution >= 4 is 28.1 Å². The van der Waals surface area contributed by atoms with Gasteiger partial charge in [0.2, 0.25) is 0 Å². The first-order valence-corrected chi connectivity index (χ1v) is 11.1. The van der Waals surface area contributed by atoms with Crippen molar-refractivity contribution in [2.45, 2.75) is 33.7 Å². The summed E-state index contributed by atoms with van der Waals surface area (Å²) in [6, 6.07) is 18.5. The number of rotatable bonds is 7. The first-order chi connectivity index (χ1) is 14.9. The molecule has 0 atom stereocenters. The highest BCUT2D eigenvalue weighted by Crippen LogP contribution is 2.31. The summed E-state index contributed by atoms with van der Waals surface area (Å²) in [6.07, 6.45) is 0.861. The van der Waals surface area contributed by atoms with Crippen LogP contribution in [0, 0.1) is 20.8 Å². The Morgan fingerprint density at radius 2 is 1.84 bits per heavy atom. The van der Waals surface area contributed by atoms with Crippen LogP contribution in [0.25, 0.3) is 11.4 Å². The molecule has 0 aliphatic rings. The summed E-state index contributed by atoms with van der Waals surface area (Å²) >= 11 is 1.54. The molecule has 0 unspecified atom stereocenters. The number of primary amides is 1. The molecule has 0 saturated heterocycles. The van der Waals surface area contributed by atoms with Crippen LogP contribution < -0.4 is 11.1 Å². The molecule has 0 fully saturated rings. The van der Waals surface area contributed by atoms with Crippen LogP contribution in [-0.2, 0) is 13.0 Å².